The number of methoxy groups -OCH3 is 1. The number of hydrogen-bond donors (Lipinski definition) is 2. The Balaban J connectivity index is 3.76. The van der Waals surface area contributed by atoms with Gasteiger partial charge in [-0.2, -0.15) is 0 Å². The monoisotopic (exact) mass is 175 g/mol. The van der Waals surface area contributed by atoms with Crippen LogP contribution in [0.2, 0.25) is 0 Å². The summed E-state index contributed by atoms with van der Waals surface area (Å²) in [6.45, 7) is 3.05. The van der Waals surface area contributed by atoms with Gasteiger partial charge < -0.3 is 15.2 Å². The van der Waals surface area contributed by atoms with Gasteiger partial charge in [-0.15, -0.1) is 0 Å². The van der Waals surface area contributed by atoms with Crippen LogP contribution in [-0.4, -0.2) is 38.0 Å². The van der Waals surface area contributed by atoms with E-state index in [-0.39, 0.29) is 12.1 Å². The van der Waals surface area contributed by atoms with E-state index in [0.717, 1.165) is 25.9 Å². The summed E-state index contributed by atoms with van der Waals surface area (Å²) in [5.74, 6) is 0. The molecule has 1 unspecified atom stereocenters. The Morgan fingerprint density at radius 3 is 2.50 bits per heavy atom. The largest absolute Gasteiger partial charge is 0.394 e. The van der Waals surface area contributed by atoms with E-state index in [9.17, 15) is 5.11 Å². The molecule has 0 rings (SSSR count). The number of rotatable bonds is 7. The SMILES string of the molecule is CCC(CO)(CCCOC)NC. The fourth-order valence-corrected chi connectivity index (χ4v) is 1.30. The second kappa shape index (κ2) is 6.40. The van der Waals surface area contributed by atoms with Crippen LogP contribution in [0.5, 0.6) is 0 Å². The lowest BCUT2D eigenvalue weighted by Gasteiger charge is -2.30. The molecule has 0 aromatic carbocycles. The molecule has 0 aliphatic heterocycles. The Hall–Kier alpha value is -0.120. The molecular weight excluding hydrogens is 154 g/mol. The van der Waals surface area contributed by atoms with E-state index in [2.05, 4.69) is 12.2 Å². The zero-order valence-corrected chi connectivity index (χ0v) is 8.39. The van der Waals surface area contributed by atoms with E-state index in [4.69, 9.17) is 4.74 Å². The Labute approximate surface area is 75.1 Å². The molecule has 0 bridgehead atoms. The van der Waals surface area contributed by atoms with Gasteiger partial charge in [0.05, 0.1) is 6.61 Å². The standard InChI is InChI=1S/C9H21NO2/c1-4-9(8-11,10-2)6-5-7-12-3/h10-11H,4-8H2,1-3H3. The van der Waals surface area contributed by atoms with Crippen molar-refractivity contribution in [3.63, 3.8) is 0 Å². The van der Waals surface area contributed by atoms with Crippen LogP contribution in [0, 0.1) is 0 Å². The Bertz CT molecular complexity index is 94.4. The van der Waals surface area contributed by atoms with Gasteiger partial charge in [0.15, 0.2) is 0 Å². The molecule has 2 N–H and O–H groups in total. The van der Waals surface area contributed by atoms with E-state index >= 15 is 0 Å². The quantitative estimate of drug-likeness (QED) is 0.562. The van der Waals surface area contributed by atoms with E-state index in [1.807, 2.05) is 7.05 Å². The number of aliphatic hydroxyl groups is 1. The van der Waals surface area contributed by atoms with Gasteiger partial charge in [0.25, 0.3) is 0 Å². The average Bonchev–Trinajstić information content (AvgIpc) is 2.14. The van der Waals surface area contributed by atoms with E-state index in [0.29, 0.717) is 0 Å². The minimum absolute atomic E-state index is 0.0987. The number of likely N-dealkylation sites (N-methyl/N-ethyl adjacent to an activating group) is 1. The van der Waals surface area contributed by atoms with Crippen LogP contribution in [0.4, 0.5) is 0 Å². The van der Waals surface area contributed by atoms with Crippen molar-refractivity contribution in [3.8, 4) is 0 Å². The van der Waals surface area contributed by atoms with Gasteiger partial charge in [-0.05, 0) is 26.3 Å². The van der Waals surface area contributed by atoms with Crippen molar-refractivity contribution in [2.75, 3.05) is 27.4 Å². The maximum absolute atomic E-state index is 9.17. The second-order valence-electron chi connectivity index (χ2n) is 3.14. The van der Waals surface area contributed by atoms with Crippen molar-refractivity contribution in [2.24, 2.45) is 0 Å². The summed E-state index contributed by atoms with van der Waals surface area (Å²) in [4.78, 5) is 0. The van der Waals surface area contributed by atoms with Crippen molar-refractivity contribution in [3.05, 3.63) is 0 Å². The summed E-state index contributed by atoms with van der Waals surface area (Å²) in [5.41, 5.74) is -0.0987. The smallest absolute Gasteiger partial charge is 0.0613 e. The highest BCUT2D eigenvalue weighted by atomic mass is 16.5. The number of aliphatic hydroxyl groups excluding tert-OH is 1. The molecule has 12 heavy (non-hydrogen) atoms. The Morgan fingerprint density at radius 1 is 1.50 bits per heavy atom. The fourth-order valence-electron chi connectivity index (χ4n) is 1.30. The van der Waals surface area contributed by atoms with Crippen molar-refractivity contribution in [1.82, 2.24) is 5.32 Å². The second-order valence-corrected chi connectivity index (χ2v) is 3.14. The van der Waals surface area contributed by atoms with Gasteiger partial charge in [0, 0.05) is 19.3 Å². The molecule has 0 amide bonds. The first-order valence-corrected chi connectivity index (χ1v) is 4.53. The molecule has 0 spiro atoms. The van der Waals surface area contributed by atoms with E-state index < -0.39 is 0 Å². The van der Waals surface area contributed by atoms with Crippen molar-refractivity contribution in [1.29, 1.82) is 0 Å². The maximum Gasteiger partial charge on any atom is 0.0613 e. The van der Waals surface area contributed by atoms with Crippen LogP contribution in [0.1, 0.15) is 26.2 Å². The van der Waals surface area contributed by atoms with Crippen molar-refractivity contribution >= 4 is 0 Å². The summed E-state index contributed by atoms with van der Waals surface area (Å²) in [6, 6.07) is 0. The summed E-state index contributed by atoms with van der Waals surface area (Å²) in [6.07, 6.45) is 2.90. The number of nitrogens with one attached hydrogen (secondary N) is 1. The molecule has 0 aromatic rings. The van der Waals surface area contributed by atoms with Gasteiger partial charge in [-0.25, -0.2) is 0 Å². The summed E-state index contributed by atoms with van der Waals surface area (Å²) >= 11 is 0. The third-order valence-corrected chi connectivity index (χ3v) is 2.51. The highest BCUT2D eigenvalue weighted by Gasteiger charge is 2.23. The van der Waals surface area contributed by atoms with Crippen LogP contribution in [-0.2, 0) is 4.74 Å². The van der Waals surface area contributed by atoms with Gasteiger partial charge >= 0.3 is 0 Å². The molecule has 0 fully saturated rings. The molecular formula is C9H21NO2. The molecule has 0 saturated heterocycles. The molecule has 0 radical (unpaired) electrons. The third kappa shape index (κ3) is 3.52. The number of hydrogen-bond acceptors (Lipinski definition) is 3. The normalized spacial score (nSPS) is 16.0. The van der Waals surface area contributed by atoms with Gasteiger partial charge in [0.2, 0.25) is 0 Å². The highest BCUT2D eigenvalue weighted by Crippen LogP contribution is 2.15. The van der Waals surface area contributed by atoms with E-state index in [1.54, 1.807) is 7.11 Å². The predicted molar refractivity (Wildman–Crippen MR) is 50.3 cm³/mol. The molecule has 0 aliphatic rings. The lowest BCUT2D eigenvalue weighted by atomic mass is 9.92. The molecule has 0 heterocycles. The van der Waals surface area contributed by atoms with Gasteiger partial charge in [-0.3, -0.25) is 0 Å². The van der Waals surface area contributed by atoms with Crippen molar-refractivity contribution in [2.45, 2.75) is 31.7 Å². The first kappa shape index (κ1) is 11.9. The average molecular weight is 175 g/mol. The zero-order chi connectivity index (χ0) is 9.45. The van der Waals surface area contributed by atoms with Crippen LogP contribution < -0.4 is 5.32 Å². The minimum atomic E-state index is -0.0987. The summed E-state index contributed by atoms with van der Waals surface area (Å²) in [7, 11) is 3.60. The maximum atomic E-state index is 9.17. The first-order valence-electron chi connectivity index (χ1n) is 4.53. The van der Waals surface area contributed by atoms with Gasteiger partial charge in [0.1, 0.15) is 0 Å². The van der Waals surface area contributed by atoms with E-state index in [1.165, 1.54) is 0 Å². The number of ether oxygens (including phenoxy) is 1. The zero-order valence-electron chi connectivity index (χ0n) is 8.39. The Morgan fingerprint density at radius 2 is 2.17 bits per heavy atom. The molecule has 0 aliphatic carbocycles. The summed E-state index contributed by atoms with van der Waals surface area (Å²) in [5, 5.41) is 12.3. The molecule has 3 heteroatoms. The molecule has 3 nitrogen and oxygen atoms in total. The molecule has 1 atom stereocenters. The topological polar surface area (TPSA) is 41.5 Å². The lowest BCUT2D eigenvalue weighted by molar-refractivity contribution is 0.131. The van der Waals surface area contributed by atoms with Crippen LogP contribution in [0.15, 0.2) is 0 Å². The molecule has 0 aromatic heterocycles. The summed E-state index contributed by atoms with van der Waals surface area (Å²) < 4.78 is 4.96. The van der Waals surface area contributed by atoms with Crippen molar-refractivity contribution < 1.29 is 9.84 Å². The van der Waals surface area contributed by atoms with Crippen LogP contribution >= 0.6 is 0 Å². The Kier molecular flexibility index (Phi) is 6.34. The predicted octanol–water partition coefficient (Wildman–Crippen LogP) is 0.773. The highest BCUT2D eigenvalue weighted by molar-refractivity contribution is 4.84. The minimum Gasteiger partial charge on any atom is -0.394 e. The van der Waals surface area contributed by atoms with Gasteiger partial charge in [-0.1, -0.05) is 6.92 Å². The third-order valence-electron chi connectivity index (χ3n) is 2.51. The molecule has 74 valence electrons. The lowest BCUT2D eigenvalue weighted by Crippen LogP contribution is -2.46. The van der Waals surface area contributed by atoms with Crippen LogP contribution in [0.3, 0.4) is 0 Å². The molecule has 0 saturated carbocycles. The first-order chi connectivity index (χ1) is 5.74. The van der Waals surface area contributed by atoms with Crippen LogP contribution in [0.25, 0.3) is 0 Å². The fraction of sp³-hybridized carbons (Fsp3) is 1.00.